The maximum Gasteiger partial charge on any atom is 0.407 e. The van der Waals surface area contributed by atoms with Crippen molar-refractivity contribution in [3.05, 3.63) is 33.8 Å². The van der Waals surface area contributed by atoms with Crippen molar-refractivity contribution < 1.29 is 14.7 Å². The summed E-state index contributed by atoms with van der Waals surface area (Å²) in [5, 5.41) is 13.2. The van der Waals surface area contributed by atoms with Gasteiger partial charge in [-0.25, -0.2) is 9.59 Å². The number of hydrogen-bond acceptors (Lipinski definition) is 3. The summed E-state index contributed by atoms with van der Waals surface area (Å²) >= 11 is 12.2. The third-order valence-corrected chi connectivity index (χ3v) is 6.88. The number of urea groups is 1. The number of benzene rings is 1. The fourth-order valence-corrected chi connectivity index (χ4v) is 4.63. The fraction of sp³-hybridized carbons (Fsp3) is 0.619. The highest BCUT2D eigenvalue weighted by Crippen LogP contribution is 2.29. The van der Waals surface area contributed by atoms with Gasteiger partial charge in [0.15, 0.2) is 0 Å². The van der Waals surface area contributed by atoms with Crippen molar-refractivity contribution in [2.24, 2.45) is 0 Å². The van der Waals surface area contributed by atoms with Crippen molar-refractivity contribution in [2.75, 3.05) is 46.3 Å². The molecule has 0 aliphatic carbocycles. The van der Waals surface area contributed by atoms with Crippen LogP contribution in [0.15, 0.2) is 18.2 Å². The fourth-order valence-electron chi connectivity index (χ4n) is 4.33. The highest BCUT2D eigenvalue weighted by Gasteiger charge is 2.29. The molecule has 166 valence electrons. The van der Waals surface area contributed by atoms with E-state index in [4.69, 9.17) is 23.2 Å². The molecule has 3 amide bonds. The lowest BCUT2D eigenvalue weighted by atomic mass is 9.94. The van der Waals surface area contributed by atoms with Crippen molar-refractivity contribution in [3.8, 4) is 0 Å². The number of amides is 3. The molecule has 7 nitrogen and oxygen atoms in total. The minimum atomic E-state index is -0.944. The first-order valence-corrected chi connectivity index (χ1v) is 11.3. The van der Waals surface area contributed by atoms with Gasteiger partial charge >= 0.3 is 12.1 Å². The number of carbonyl (C=O) groups excluding carboxylic acids is 1. The van der Waals surface area contributed by atoms with E-state index in [1.165, 1.54) is 4.90 Å². The monoisotopic (exact) mass is 456 g/mol. The van der Waals surface area contributed by atoms with Crippen molar-refractivity contribution in [2.45, 2.75) is 37.6 Å². The summed E-state index contributed by atoms with van der Waals surface area (Å²) in [6.45, 7) is 4.77. The summed E-state index contributed by atoms with van der Waals surface area (Å²) in [5.41, 5.74) is 0.998. The normalized spacial score (nSPS) is 19.4. The van der Waals surface area contributed by atoms with E-state index in [-0.39, 0.29) is 11.9 Å². The van der Waals surface area contributed by atoms with Crippen LogP contribution >= 0.6 is 23.2 Å². The second-order valence-corrected chi connectivity index (χ2v) is 8.99. The molecular formula is C21H30Cl2N4O3. The molecule has 0 bridgehead atoms. The van der Waals surface area contributed by atoms with Crippen LogP contribution in [-0.4, -0.2) is 84.3 Å². The molecule has 0 aromatic heterocycles. The molecular weight excluding hydrogens is 427 g/mol. The molecule has 2 fully saturated rings. The number of nitrogens with zero attached hydrogens (tertiary/aromatic N) is 3. The van der Waals surface area contributed by atoms with Crippen LogP contribution < -0.4 is 5.32 Å². The molecule has 1 aromatic carbocycles. The standard InChI is InChI=1S/C21H30Cl2N4O3/c1-25(21(29)30)14-16(15-3-4-18(22)19(23)13-15)5-10-26-11-6-17(7-12-26)27-9-2-8-24-20(27)28/h3-4,13,16-17H,2,5-12,14H2,1H3,(H,24,28)(H,29,30). The number of carbonyl (C=O) groups is 2. The number of halogens is 2. The lowest BCUT2D eigenvalue weighted by Gasteiger charge is -2.40. The maximum absolute atomic E-state index is 12.1. The Kier molecular flexibility index (Phi) is 8.08. The average Bonchev–Trinajstić information content (AvgIpc) is 2.73. The van der Waals surface area contributed by atoms with Gasteiger partial charge in [0.05, 0.1) is 10.0 Å². The Labute approximate surface area is 187 Å². The van der Waals surface area contributed by atoms with Gasteiger partial charge in [0.25, 0.3) is 0 Å². The van der Waals surface area contributed by atoms with Crippen molar-refractivity contribution in [1.29, 1.82) is 0 Å². The van der Waals surface area contributed by atoms with Crippen LogP contribution in [0.1, 0.15) is 37.2 Å². The van der Waals surface area contributed by atoms with Crippen LogP contribution in [0.2, 0.25) is 10.0 Å². The summed E-state index contributed by atoms with van der Waals surface area (Å²) in [5.74, 6) is 0.0338. The Morgan fingerprint density at radius 3 is 2.63 bits per heavy atom. The van der Waals surface area contributed by atoms with E-state index >= 15 is 0 Å². The van der Waals surface area contributed by atoms with Gasteiger partial charge in [0.1, 0.15) is 0 Å². The van der Waals surface area contributed by atoms with Gasteiger partial charge in [0, 0.05) is 51.7 Å². The molecule has 0 spiro atoms. The van der Waals surface area contributed by atoms with Crippen LogP contribution in [-0.2, 0) is 0 Å². The Balaban J connectivity index is 1.56. The lowest BCUT2D eigenvalue weighted by molar-refractivity contribution is 0.109. The van der Waals surface area contributed by atoms with Gasteiger partial charge < -0.3 is 25.1 Å². The largest absolute Gasteiger partial charge is 0.465 e. The van der Waals surface area contributed by atoms with Crippen LogP contribution in [0.4, 0.5) is 9.59 Å². The van der Waals surface area contributed by atoms with E-state index in [1.807, 2.05) is 17.0 Å². The van der Waals surface area contributed by atoms with Gasteiger partial charge in [-0.15, -0.1) is 0 Å². The number of carboxylic acid groups (broad SMARTS) is 1. The predicted molar refractivity (Wildman–Crippen MR) is 119 cm³/mol. The van der Waals surface area contributed by atoms with Crippen LogP contribution in [0, 0.1) is 0 Å². The molecule has 1 atom stereocenters. The average molecular weight is 457 g/mol. The molecule has 2 saturated heterocycles. The topological polar surface area (TPSA) is 76.1 Å². The Morgan fingerprint density at radius 2 is 2.00 bits per heavy atom. The number of hydrogen-bond donors (Lipinski definition) is 2. The van der Waals surface area contributed by atoms with Gasteiger partial charge in [-0.1, -0.05) is 29.3 Å². The zero-order chi connectivity index (χ0) is 21.7. The first-order valence-electron chi connectivity index (χ1n) is 10.5. The summed E-state index contributed by atoms with van der Waals surface area (Å²) in [7, 11) is 1.59. The maximum atomic E-state index is 12.1. The second-order valence-electron chi connectivity index (χ2n) is 8.17. The Bertz CT molecular complexity index is 756. The smallest absolute Gasteiger partial charge is 0.407 e. The highest BCUT2D eigenvalue weighted by atomic mass is 35.5. The third kappa shape index (κ3) is 5.93. The number of piperidine rings is 1. The molecule has 30 heavy (non-hydrogen) atoms. The van der Waals surface area contributed by atoms with Gasteiger partial charge in [-0.05, 0) is 49.9 Å². The van der Waals surface area contributed by atoms with Crippen molar-refractivity contribution in [1.82, 2.24) is 20.0 Å². The summed E-state index contributed by atoms with van der Waals surface area (Å²) in [4.78, 5) is 29.1. The third-order valence-electron chi connectivity index (χ3n) is 6.14. The number of nitrogens with one attached hydrogen (secondary N) is 1. The van der Waals surface area contributed by atoms with Crippen molar-refractivity contribution in [3.63, 3.8) is 0 Å². The van der Waals surface area contributed by atoms with E-state index in [2.05, 4.69) is 10.2 Å². The van der Waals surface area contributed by atoms with E-state index in [9.17, 15) is 14.7 Å². The zero-order valence-electron chi connectivity index (χ0n) is 17.3. The Hall–Kier alpha value is -1.70. The molecule has 0 radical (unpaired) electrons. The lowest BCUT2D eigenvalue weighted by Crippen LogP contribution is -2.54. The molecule has 1 unspecified atom stereocenters. The molecule has 2 N–H and O–H groups in total. The second kappa shape index (κ2) is 10.6. The number of likely N-dealkylation sites (tertiary alicyclic amines) is 1. The summed E-state index contributed by atoms with van der Waals surface area (Å²) in [6.07, 6.45) is 2.83. The van der Waals surface area contributed by atoms with Gasteiger partial charge in [-0.3, -0.25) is 0 Å². The molecule has 2 aliphatic heterocycles. The molecule has 9 heteroatoms. The van der Waals surface area contributed by atoms with Crippen LogP contribution in [0.3, 0.4) is 0 Å². The van der Waals surface area contributed by atoms with Gasteiger partial charge in [0.2, 0.25) is 0 Å². The minimum Gasteiger partial charge on any atom is -0.465 e. The van der Waals surface area contributed by atoms with Gasteiger partial charge in [-0.2, -0.15) is 0 Å². The molecule has 2 aliphatic rings. The van der Waals surface area contributed by atoms with Crippen molar-refractivity contribution >= 4 is 35.3 Å². The molecule has 2 heterocycles. The van der Waals surface area contributed by atoms with E-state index in [0.717, 1.165) is 64.0 Å². The molecule has 0 saturated carbocycles. The van der Waals surface area contributed by atoms with E-state index < -0.39 is 6.09 Å². The quantitative estimate of drug-likeness (QED) is 0.650. The summed E-state index contributed by atoms with van der Waals surface area (Å²) in [6, 6.07) is 5.91. The summed E-state index contributed by atoms with van der Waals surface area (Å²) < 4.78 is 0. The first-order chi connectivity index (χ1) is 14.3. The molecule has 1 aromatic rings. The highest BCUT2D eigenvalue weighted by molar-refractivity contribution is 6.42. The van der Waals surface area contributed by atoms with Crippen LogP contribution in [0.5, 0.6) is 0 Å². The number of rotatable bonds is 7. The minimum absolute atomic E-state index is 0.0338. The van der Waals surface area contributed by atoms with E-state index in [1.54, 1.807) is 13.1 Å². The first kappa shape index (κ1) is 23.0. The van der Waals surface area contributed by atoms with Crippen LogP contribution in [0.25, 0.3) is 0 Å². The van der Waals surface area contributed by atoms with E-state index in [0.29, 0.717) is 22.6 Å². The SMILES string of the molecule is CN(CC(CCN1CCC(N2CCCNC2=O)CC1)c1ccc(Cl)c(Cl)c1)C(=O)O. The predicted octanol–water partition coefficient (Wildman–Crippen LogP) is 3.96. The Morgan fingerprint density at radius 1 is 1.27 bits per heavy atom. The zero-order valence-corrected chi connectivity index (χ0v) is 18.8. The molecule has 3 rings (SSSR count). The number of likely N-dealkylation sites (N-methyl/N-ethyl adjacent to an activating group) is 1.